The molecule has 17 heavy (non-hydrogen) atoms. The third-order valence-corrected chi connectivity index (χ3v) is 3.65. The molecule has 0 aliphatic carbocycles. The first-order valence-corrected chi connectivity index (χ1v) is 5.98. The van der Waals surface area contributed by atoms with Gasteiger partial charge in [0.25, 0.3) is 0 Å². The van der Waals surface area contributed by atoms with Gasteiger partial charge in [0.1, 0.15) is 5.82 Å². The Morgan fingerprint density at radius 1 is 1.24 bits per heavy atom. The zero-order chi connectivity index (χ0) is 11.9. The van der Waals surface area contributed by atoms with Crippen molar-refractivity contribution in [2.75, 3.05) is 13.2 Å². The van der Waals surface area contributed by atoms with Crippen LogP contribution in [0.2, 0.25) is 0 Å². The standard InChI is InChI=1S/C13H16FNO2/c14-12-4-2-1-3-11(12)13(16)5-9-7-17-8-10(6-13)15-9/h1-4,9-10,15-16H,5-8H2. The van der Waals surface area contributed by atoms with Gasteiger partial charge in [0.15, 0.2) is 0 Å². The Hall–Kier alpha value is -0.970. The Labute approximate surface area is 99.6 Å². The maximum Gasteiger partial charge on any atom is 0.129 e. The molecule has 92 valence electrons. The molecule has 2 N–H and O–H groups in total. The first kappa shape index (κ1) is 11.1. The van der Waals surface area contributed by atoms with Crippen LogP contribution in [-0.2, 0) is 10.3 Å². The van der Waals surface area contributed by atoms with Crippen LogP contribution >= 0.6 is 0 Å². The van der Waals surface area contributed by atoms with E-state index in [0.29, 0.717) is 31.6 Å². The molecule has 2 aliphatic heterocycles. The fourth-order valence-corrected chi connectivity index (χ4v) is 2.97. The van der Waals surface area contributed by atoms with Crippen molar-refractivity contribution in [3.63, 3.8) is 0 Å². The molecular formula is C13H16FNO2. The van der Waals surface area contributed by atoms with Gasteiger partial charge >= 0.3 is 0 Å². The summed E-state index contributed by atoms with van der Waals surface area (Å²) in [6.07, 6.45) is 1.01. The summed E-state index contributed by atoms with van der Waals surface area (Å²) in [7, 11) is 0. The van der Waals surface area contributed by atoms with Crippen LogP contribution in [0.3, 0.4) is 0 Å². The Morgan fingerprint density at radius 2 is 1.88 bits per heavy atom. The molecule has 2 unspecified atom stereocenters. The number of morpholine rings is 1. The number of nitrogens with one attached hydrogen (secondary N) is 1. The number of piperidine rings is 1. The molecule has 2 atom stereocenters. The quantitative estimate of drug-likeness (QED) is 0.770. The van der Waals surface area contributed by atoms with Gasteiger partial charge < -0.3 is 15.2 Å². The molecule has 2 bridgehead atoms. The van der Waals surface area contributed by atoms with Crippen LogP contribution in [0.1, 0.15) is 18.4 Å². The maximum absolute atomic E-state index is 13.8. The molecule has 1 aromatic carbocycles. The Bertz CT molecular complexity index is 412. The van der Waals surface area contributed by atoms with Crippen LogP contribution in [0.5, 0.6) is 0 Å². The summed E-state index contributed by atoms with van der Waals surface area (Å²) in [5.74, 6) is -0.323. The van der Waals surface area contributed by atoms with Crippen molar-refractivity contribution >= 4 is 0 Å². The molecule has 1 aromatic rings. The van der Waals surface area contributed by atoms with Crippen LogP contribution in [-0.4, -0.2) is 30.4 Å². The lowest BCUT2D eigenvalue weighted by atomic mass is 9.78. The smallest absolute Gasteiger partial charge is 0.129 e. The summed E-state index contributed by atoms with van der Waals surface area (Å²) in [4.78, 5) is 0. The molecule has 0 amide bonds. The molecule has 0 spiro atoms. The molecule has 2 fully saturated rings. The second kappa shape index (κ2) is 4.05. The number of hydrogen-bond acceptors (Lipinski definition) is 3. The van der Waals surface area contributed by atoms with Gasteiger partial charge in [-0.3, -0.25) is 0 Å². The molecule has 3 rings (SSSR count). The van der Waals surface area contributed by atoms with Gasteiger partial charge in [0.05, 0.1) is 18.8 Å². The van der Waals surface area contributed by atoms with Crippen molar-refractivity contribution in [2.24, 2.45) is 0 Å². The van der Waals surface area contributed by atoms with Crippen molar-refractivity contribution in [2.45, 2.75) is 30.5 Å². The second-order valence-electron chi connectivity index (χ2n) is 5.02. The summed E-state index contributed by atoms with van der Waals surface area (Å²) >= 11 is 0. The fourth-order valence-electron chi connectivity index (χ4n) is 2.97. The number of fused-ring (bicyclic) bond motifs is 2. The van der Waals surface area contributed by atoms with Gasteiger partial charge in [-0.1, -0.05) is 18.2 Å². The fraction of sp³-hybridized carbons (Fsp3) is 0.538. The van der Waals surface area contributed by atoms with Gasteiger partial charge in [0, 0.05) is 17.6 Å². The van der Waals surface area contributed by atoms with E-state index in [-0.39, 0.29) is 17.9 Å². The van der Waals surface area contributed by atoms with E-state index in [4.69, 9.17) is 4.74 Å². The number of aliphatic hydroxyl groups is 1. The Morgan fingerprint density at radius 3 is 2.53 bits per heavy atom. The van der Waals surface area contributed by atoms with Crippen LogP contribution in [0.4, 0.5) is 4.39 Å². The van der Waals surface area contributed by atoms with E-state index in [1.807, 2.05) is 0 Å². The minimum Gasteiger partial charge on any atom is -0.385 e. The molecule has 2 heterocycles. The van der Waals surface area contributed by atoms with Crippen LogP contribution in [0.15, 0.2) is 24.3 Å². The molecule has 3 nitrogen and oxygen atoms in total. The summed E-state index contributed by atoms with van der Waals surface area (Å²) in [5, 5.41) is 14.1. The van der Waals surface area contributed by atoms with E-state index in [1.165, 1.54) is 6.07 Å². The molecule has 2 aliphatic rings. The van der Waals surface area contributed by atoms with Gasteiger partial charge in [-0.05, 0) is 18.9 Å². The minimum absolute atomic E-state index is 0.118. The normalized spacial score (nSPS) is 36.8. The number of rotatable bonds is 1. The average Bonchev–Trinajstić information content (AvgIpc) is 2.28. The monoisotopic (exact) mass is 237 g/mol. The second-order valence-corrected chi connectivity index (χ2v) is 5.02. The highest BCUT2D eigenvalue weighted by molar-refractivity contribution is 5.26. The van der Waals surface area contributed by atoms with Crippen molar-refractivity contribution in [3.8, 4) is 0 Å². The third kappa shape index (κ3) is 1.97. The highest BCUT2D eigenvalue weighted by atomic mass is 19.1. The SMILES string of the molecule is OC1(c2ccccc2F)CC2COCC(C1)N2. The topological polar surface area (TPSA) is 41.5 Å². The average molecular weight is 237 g/mol. The maximum atomic E-state index is 13.8. The predicted octanol–water partition coefficient (Wildman–Crippen LogP) is 1.16. The summed E-state index contributed by atoms with van der Waals surface area (Å²) in [6, 6.07) is 6.73. The number of ether oxygens (including phenoxy) is 1. The lowest BCUT2D eigenvalue weighted by molar-refractivity contribution is -0.0817. The van der Waals surface area contributed by atoms with Crippen molar-refractivity contribution < 1.29 is 14.2 Å². The number of benzene rings is 1. The largest absolute Gasteiger partial charge is 0.385 e. The first-order chi connectivity index (χ1) is 8.17. The van der Waals surface area contributed by atoms with Gasteiger partial charge in [0.2, 0.25) is 0 Å². The van der Waals surface area contributed by atoms with E-state index < -0.39 is 5.60 Å². The Kier molecular flexibility index (Phi) is 2.65. The number of halogens is 1. The molecule has 0 radical (unpaired) electrons. The molecule has 0 aromatic heterocycles. The summed E-state index contributed by atoms with van der Waals surface area (Å²) < 4.78 is 19.2. The Balaban J connectivity index is 1.93. The van der Waals surface area contributed by atoms with E-state index in [9.17, 15) is 9.50 Å². The zero-order valence-electron chi connectivity index (χ0n) is 9.53. The first-order valence-electron chi connectivity index (χ1n) is 5.98. The lowest BCUT2D eigenvalue weighted by Crippen LogP contribution is -2.58. The van der Waals surface area contributed by atoms with Gasteiger partial charge in [-0.15, -0.1) is 0 Å². The number of hydrogen-bond donors (Lipinski definition) is 2. The molecule has 2 saturated heterocycles. The highest BCUT2D eigenvalue weighted by Crippen LogP contribution is 2.37. The van der Waals surface area contributed by atoms with Crippen LogP contribution in [0, 0.1) is 5.82 Å². The van der Waals surface area contributed by atoms with Gasteiger partial charge in [-0.2, -0.15) is 0 Å². The van der Waals surface area contributed by atoms with Crippen molar-refractivity contribution in [3.05, 3.63) is 35.6 Å². The zero-order valence-corrected chi connectivity index (χ0v) is 9.53. The van der Waals surface area contributed by atoms with Crippen LogP contribution in [0.25, 0.3) is 0 Å². The molecule has 0 saturated carbocycles. The predicted molar refractivity (Wildman–Crippen MR) is 61.1 cm³/mol. The lowest BCUT2D eigenvalue weighted by Gasteiger charge is -2.45. The summed E-state index contributed by atoms with van der Waals surface area (Å²) in [5.41, 5.74) is -0.645. The van der Waals surface area contributed by atoms with E-state index in [0.717, 1.165) is 0 Å². The van der Waals surface area contributed by atoms with E-state index in [1.54, 1.807) is 18.2 Å². The molecule has 4 heteroatoms. The third-order valence-electron chi connectivity index (χ3n) is 3.65. The van der Waals surface area contributed by atoms with Crippen molar-refractivity contribution in [1.29, 1.82) is 0 Å². The van der Waals surface area contributed by atoms with Gasteiger partial charge in [-0.25, -0.2) is 4.39 Å². The van der Waals surface area contributed by atoms with Crippen molar-refractivity contribution in [1.82, 2.24) is 5.32 Å². The van der Waals surface area contributed by atoms with E-state index in [2.05, 4.69) is 5.32 Å². The highest BCUT2D eigenvalue weighted by Gasteiger charge is 2.43. The summed E-state index contributed by atoms with van der Waals surface area (Å²) in [6.45, 7) is 1.18. The minimum atomic E-state index is -1.06. The molecular weight excluding hydrogens is 221 g/mol. The van der Waals surface area contributed by atoms with Crippen LogP contribution < -0.4 is 5.32 Å². The van der Waals surface area contributed by atoms with E-state index >= 15 is 0 Å².